The van der Waals surface area contributed by atoms with Crippen LogP contribution in [0.3, 0.4) is 0 Å². The molecule has 3 heteroatoms. The Balaban J connectivity index is 1.31. The molecule has 8 rings (SSSR count). The number of aromatic nitrogens is 1. The van der Waals surface area contributed by atoms with Gasteiger partial charge in [0.1, 0.15) is 0 Å². The summed E-state index contributed by atoms with van der Waals surface area (Å²) in [5.74, 6) is 0. The highest BCUT2D eigenvalue weighted by Gasteiger charge is 2.16. The van der Waals surface area contributed by atoms with E-state index in [0.717, 1.165) is 17.1 Å². The Morgan fingerprint density at radius 1 is 0.410 bits per heavy atom. The fraction of sp³-hybridized carbons (Fsp3) is 0. The SMILES string of the molecule is c1ccc(N(c2ccccc2)c2ccc3sc4cc(-n5c6ccccc6c6ccccc65)ccc4c3c2)cc1. The molecule has 2 nitrogen and oxygen atoms in total. The average Bonchev–Trinajstić information content (AvgIpc) is 3.53. The standard InChI is InChI=1S/C36H24N2S/c1-3-11-25(12-4-1)37(26-13-5-2-6-14-26)27-20-22-35-32(23-27)31-21-19-28(24-36(31)39-35)38-33-17-9-7-15-29(33)30-16-8-10-18-34(30)38/h1-24H. The number of nitrogens with zero attached hydrogens (tertiary/aromatic N) is 2. The number of thiophene rings is 1. The van der Waals surface area contributed by atoms with Gasteiger partial charge < -0.3 is 9.47 Å². The number of rotatable bonds is 4. The van der Waals surface area contributed by atoms with Crippen molar-refractivity contribution in [1.82, 2.24) is 4.57 Å². The summed E-state index contributed by atoms with van der Waals surface area (Å²) in [6, 6.07) is 52.4. The van der Waals surface area contributed by atoms with E-state index in [2.05, 4.69) is 155 Å². The molecular formula is C36H24N2S. The van der Waals surface area contributed by atoms with E-state index in [1.807, 2.05) is 11.3 Å². The summed E-state index contributed by atoms with van der Waals surface area (Å²) in [6.45, 7) is 0. The molecule has 0 atom stereocenters. The first-order valence-electron chi connectivity index (χ1n) is 13.2. The highest BCUT2D eigenvalue weighted by molar-refractivity contribution is 7.25. The van der Waals surface area contributed by atoms with Crippen LogP contribution in [-0.2, 0) is 0 Å². The van der Waals surface area contributed by atoms with Gasteiger partial charge in [-0.25, -0.2) is 0 Å². The molecule has 0 bridgehead atoms. The van der Waals surface area contributed by atoms with E-state index in [-0.39, 0.29) is 0 Å². The Morgan fingerprint density at radius 2 is 1.00 bits per heavy atom. The fourth-order valence-electron chi connectivity index (χ4n) is 5.83. The normalized spacial score (nSPS) is 11.6. The fourth-order valence-corrected chi connectivity index (χ4v) is 6.95. The highest BCUT2D eigenvalue weighted by atomic mass is 32.1. The maximum atomic E-state index is 2.40. The number of hydrogen-bond acceptors (Lipinski definition) is 2. The lowest BCUT2D eigenvalue weighted by molar-refractivity contribution is 1.19. The average molecular weight is 517 g/mol. The minimum atomic E-state index is 1.15. The van der Waals surface area contributed by atoms with E-state index >= 15 is 0 Å². The van der Waals surface area contributed by atoms with Crippen LogP contribution in [0, 0.1) is 0 Å². The van der Waals surface area contributed by atoms with E-state index in [0.29, 0.717) is 0 Å². The lowest BCUT2D eigenvalue weighted by atomic mass is 10.1. The van der Waals surface area contributed by atoms with Crippen molar-refractivity contribution in [3.05, 3.63) is 146 Å². The molecule has 0 aliphatic carbocycles. The summed E-state index contributed by atoms with van der Waals surface area (Å²) in [4.78, 5) is 2.33. The summed E-state index contributed by atoms with van der Waals surface area (Å²) in [6.07, 6.45) is 0. The van der Waals surface area contributed by atoms with Gasteiger partial charge in [0.15, 0.2) is 0 Å². The van der Waals surface area contributed by atoms with Crippen LogP contribution >= 0.6 is 11.3 Å². The number of hydrogen-bond donors (Lipinski definition) is 0. The van der Waals surface area contributed by atoms with Gasteiger partial charge in [-0.1, -0.05) is 78.9 Å². The van der Waals surface area contributed by atoms with Crippen molar-refractivity contribution < 1.29 is 0 Å². The monoisotopic (exact) mass is 516 g/mol. The third-order valence-electron chi connectivity index (χ3n) is 7.56. The molecule has 0 fully saturated rings. The molecule has 0 spiro atoms. The molecular weight excluding hydrogens is 492 g/mol. The molecule has 6 aromatic carbocycles. The summed E-state index contributed by atoms with van der Waals surface area (Å²) < 4.78 is 4.99. The van der Waals surface area contributed by atoms with Gasteiger partial charge in [0.05, 0.1) is 11.0 Å². The van der Waals surface area contributed by atoms with Crippen LogP contribution in [0.2, 0.25) is 0 Å². The summed E-state index contributed by atoms with van der Waals surface area (Å²) in [5, 5.41) is 5.16. The van der Waals surface area contributed by atoms with Crippen LogP contribution in [0.4, 0.5) is 17.1 Å². The highest BCUT2D eigenvalue weighted by Crippen LogP contribution is 2.41. The van der Waals surface area contributed by atoms with Gasteiger partial charge in [0, 0.05) is 53.7 Å². The lowest BCUT2D eigenvalue weighted by Gasteiger charge is -2.25. The molecule has 2 aromatic heterocycles. The lowest BCUT2D eigenvalue weighted by Crippen LogP contribution is -2.09. The van der Waals surface area contributed by atoms with Gasteiger partial charge in [-0.3, -0.25) is 0 Å². The first-order valence-corrected chi connectivity index (χ1v) is 14.0. The third-order valence-corrected chi connectivity index (χ3v) is 8.70. The van der Waals surface area contributed by atoms with Crippen molar-refractivity contribution in [1.29, 1.82) is 0 Å². The topological polar surface area (TPSA) is 8.17 Å². The van der Waals surface area contributed by atoms with Gasteiger partial charge >= 0.3 is 0 Å². The molecule has 2 heterocycles. The van der Waals surface area contributed by atoms with E-state index in [4.69, 9.17) is 0 Å². The Kier molecular flexibility index (Phi) is 5.04. The zero-order valence-electron chi connectivity index (χ0n) is 21.2. The van der Waals surface area contributed by atoms with Crippen molar-refractivity contribution in [3.8, 4) is 5.69 Å². The molecule has 8 aromatic rings. The van der Waals surface area contributed by atoms with Crippen LogP contribution in [0.15, 0.2) is 146 Å². The summed E-state index contributed by atoms with van der Waals surface area (Å²) in [5.41, 5.74) is 7.13. The molecule has 0 aliphatic rings. The van der Waals surface area contributed by atoms with Crippen LogP contribution in [0.1, 0.15) is 0 Å². The van der Waals surface area contributed by atoms with Gasteiger partial charge in [0.2, 0.25) is 0 Å². The second kappa shape index (κ2) is 8.87. The van der Waals surface area contributed by atoms with E-state index < -0.39 is 0 Å². The smallest absolute Gasteiger partial charge is 0.0541 e. The van der Waals surface area contributed by atoms with E-state index in [1.165, 1.54) is 47.7 Å². The van der Waals surface area contributed by atoms with Crippen molar-refractivity contribution in [2.45, 2.75) is 0 Å². The third kappa shape index (κ3) is 3.55. The first-order chi connectivity index (χ1) is 19.3. The Hall–Kier alpha value is -4.86. The number of anilines is 3. The van der Waals surface area contributed by atoms with Gasteiger partial charge in [-0.05, 0) is 66.7 Å². The molecule has 0 saturated heterocycles. The van der Waals surface area contributed by atoms with Crippen LogP contribution in [0.25, 0.3) is 47.7 Å². The molecule has 39 heavy (non-hydrogen) atoms. The zero-order chi connectivity index (χ0) is 25.8. The van der Waals surface area contributed by atoms with Crippen LogP contribution in [0.5, 0.6) is 0 Å². The molecule has 0 unspecified atom stereocenters. The van der Waals surface area contributed by atoms with Crippen LogP contribution < -0.4 is 4.90 Å². The van der Waals surface area contributed by atoms with Gasteiger partial charge in [-0.15, -0.1) is 11.3 Å². The van der Waals surface area contributed by atoms with Crippen molar-refractivity contribution in [3.63, 3.8) is 0 Å². The maximum Gasteiger partial charge on any atom is 0.0541 e. The second-order valence-corrected chi connectivity index (χ2v) is 10.9. The molecule has 0 amide bonds. The van der Waals surface area contributed by atoms with Crippen molar-refractivity contribution in [2.24, 2.45) is 0 Å². The van der Waals surface area contributed by atoms with Crippen LogP contribution in [-0.4, -0.2) is 4.57 Å². The minimum Gasteiger partial charge on any atom is -0.310 e. The quantitative estimate of drug-likeness (QED) is 0.226. The van der Waals surface area contributed by atoms with E-state index in [9.17, 15) is 0 Å². The van der Waals surface area contributed by atoms with Crippen molar-refractivity contribution in [2.75, 3.05) is 4.90 Å². The Morgan fingerprint density at radius 3 is 1.64 bits per heavy atom. The van der Waals surface area contributed by atoms with Gasteiger partial charge in [0.25, 0.3) is 0 Å². The maximum absolute atomic E-state index is 2.40. The summed E-state index contributed by atoms with van der Waals surface area (Å²) in [7, 11) is 0. The second-order valence-electron chi connectivity index (χ2n) is 9.84. The number of benzene rings is 6. The number of para-hydroxylation sites is 4. The molecule has 0 radical (unpaired) electrons. The first kappa shape index (κ1) is 22.2. The molecule has 0 saturated carbocycles. The molecule has 184 valence electrons. The van der Waals surface area contributed by atoms with E-state index in [1.54, 1.807) is 0 Å². The molecule has 0 N–H and O–H groups in total. The predicted octanol–water partition coefficient (Wildman–Crippen LogP) is 10.6. The largest absolute Gasteiger partial charge is 0.310 e. The van der Waals surface area contributed by atoms with Crippen molar-refractivity contribution >= 4 is 70.4 Å². The summed E-state index contributed by atoms with van der Waals surface area (Å²) >= 11 is 1.86. The zero-order valence-corrected chi connectivity index (χ0v) is 22.0. The number of fused-ring (bicyclic) bond motifs is 6. The van der Waals surface area contributed by atoms with Gasteiger partial charge in [-0.2, -0.15) is 0 Å². The Labute approximate surface area is 230 Å². The predicted molar refractivity (Wildman–Crippen MR) is 168 cm³/mol. The Bertz CT molecular complexity index is 2030. The molecule has 0 aliphatic heterocycles. The minimum absolute atomic E-state index is 1.15.